The molecular formula is C53H39N. The highest BCUT2D eigenvalue weighted by Crippen LogP contribution is 2.51. The van der Waals surface area contributed by atoms with Gasteiger partial charge >= 0.3 is 0 Å². The fraction of sp³-hybridized carbons (Fsp3) is 0.0566. The number of nitrogen functional groups attached to an aromatic ring is 1. The molecule has 1 nitrogen and oxygen atoms in total. The number of fused-ring (bicyclic) bond motifs is 6. The van der Waals surface area contributed by atoms with Crippen LogP contribution in [0.1, 0.15) is 36.1 Å². The van der Waals surface area contributed by atoms with Gasteiger partial charge in [-0.3, -0.25) is 0 Å². The van der Waals surface area contributed by atoms with Gasteiger partial charge in [0.1, 0.15) is 0 Å². The van der Waals surface area contributed by atoms with Crippen molar-refractivity contribution in [1.29, 1.82) is 0 Å². The van der Waals surface area contributed by atoms with Crippen LogP contribution >= 0.6 is 0 Å². The number of para-hydroxylation sites is 1. The lowest BCUT2D eigenvalue weighted by Crippen LogP contribution is -2.26. The number of rotatable bonds is 4. The van der Waals surface area contributed by atoms with Crippen molar-refractivity contribution in [3.05, 3.63) is 209 Å². The number of hydrogen-bond acceptors (Lipinski definition) is 1. The van der Waals surface area contributed by atoms with Gasteiger partial charge in [0, 0.05) is 22.2 Å². The lowest BCUT2D eigenvalue weighted by molar-refractivity contribution is 0.660. The maximum atomic E-state index is 6.87. The van der Waals surface area contributed by atoms with E-state index in [-0.39, 0.29) is 5.41 Å². The fourth-order valence-corrected chi connectivity index (χ4v) is 9.09. The molecule has 0 radical (unpaired) electrons. The Kier molecular flexibility index (Phi) is 7.22. The third-order valence-corrected chi connectivity index (χ3v) is 11.7. The maximum Gasteiger partial charge on any atom is 0.0394 e. The molecule has 10 rings (SSSR count). The summed E-state index contributed by atoms with van der Waals surface area (Å²) in [5.41, 5.74) is 21.0. The molecule has 1 aliphatic rings. The number of hydrogen-bond donors (Lipinski definition) is 1. The summed E-state index contributed by atoms with van der Waals surface area (Å²) in [4.78, 5) is 0. The molecule has 0 unspecified atom stereocenters. The molecule has 0 aromatic heterocycles. The summed E-state index contributed by atoms with van der Waals surface area (Å²) in [6.45, 7) is 9.22. The van der Waals surface area contributed by atoms with E-state index in [9.17, 15) is 0 Å². The minimum absolute atomic E-state index is 0.0667. The van der Waals surface area contributed by atoms with Crippen LogP contribution in [0.3, 0.4) is 0 Å². The van der Waals surface area contributed by atoms with Gasteiger partial charge in [0.05, 0.1) is 0 Å². The average Bonchev–Trinajstić information content (AvgIpc) is 3.44. The molecule has 0 saturated carbocycles. The minimum atomic E-state index is -0.0667. The van der Waals surface area contributed by atoms with E-state index >= 15 is 0 Å². The zero-order valence-electron chi connectivity index (χ0n) is 30.5. The van der Waals surface area contributed by atoms with Crippen LogP contribution in [-0.4, -0.2) is 0 Å². The molecule has 1 heteroatoms. The Morgan fingerprint density at radius 1 is 0.481 bits per heavy atom. The highest BCUT2D eigenvalue weighted by molar-refractivity contribution is 6.21. The van der Waals surface area contributed by atoms with E-state index in [0.717, 1.165) is 32.8 Å². The van der Waals surface area contributed by atoms with Crippen molar-refractivity contribution in [1.82, 2.24) is 0 Å². The van der Waals surface area contributed by atoms with Gasteiger partial charge < -0.3 is 5.73 Å². The Morgan fingerprint density at radius 2 is 1.11 bits per heavy atom. The summed E-state index contributed by atoms with van der Waals surface area (Å²) in [6, 6.07) is 64.1. The lowest BCUT2D eigenvalue weighted by Gasteiger charge is -2.23. The van der Waals surface area contributed by atoms with E-state index in [1.165, 1.54) is 76.8 Å². The van der Waals surface area contributed by atoms with Crippen LogP contribution in [0, 0.1) is 0 Å². The third-order valence-electron chi connectivity index (χ3n) is 11.7. The zero-order chi connectivity index (χ0) is 36.6. The van der Waals surface area contributed by atoms with E-state index in [2.05, 4.69) is 184 Å². The van der Waals surface area contributed by atoms with Crippen molar-refractivity contribution in [2.24, 2.45) is 0 Å². The van der Waals surface area contributed by atoms with Gasteiger partial charge in [-0.1, -0.05) is 172 Å². The Hall–Kier alpha value is -6.70. The van der Waals surface area contributed by atoms with Crippen molar-refractivity contribution in [2.75, 3.05) is 5.73 Å². The smallest absolute Gasteiger partial charge is 0.0394 e. The molecule has 9 aromatic carbocycles. The molecule has 0 fully saturated rings. The minimum Gasteiger partial charge on any atom is -0.398 e. The topological polar surface area (TPSA) is 26.0 Å². The number of anilines is 1. The number of nitrogens with two attached hydrogens (primary N) is 1. The van der Waals surface area contributed by atoms with Crippen LogP contribution < -0.4 is 16.2 Å². The van der Waals surface area contributed by atoms with Crippen molar-refractivity contribution in [2.45, 2.75) is 19.3 Å². The molecule has 0 atom stereocenters. The van der Waals surface area contributed by atoms with Gasteiger partial charge in [-0.25, -0.2) is 0 Å². The van der Waals surface area contributed by atoms with Gasteiger partial charge in [0.2, 0.25) is 0 Å². The second-order valence-corrected chi connectivity index (χ2v) is 15.2. The molecule has 0 spiro atoms. The standard InChI is InChI=1S/C53H39N/c1-33-14-4-7-17-39(33)51(44-21-11-13-23-49(44)54)52-42-20-9-8-19-41(42)50(38-27-29-48-45(32-38)40-18-10-12-22-47(40)53(48,2)3)46-31-37(26-28-43(46)52)36-25-24-34-15-5-6-16-35(34)30-36/h4-32H,1,54H2,2-3H3/b51-39+. The fourth-order valence-electron chi connectivity index (χ4n) is 9.09. The summed E-state index contributed by atoms with van der Waals surface area (Å²) >= 11 is 0. The van der Waals surface area contributed by atoms with Gasteiger partial charge in [-0.2, -0.15) is 0 Å². The predicted molar refractivity (Wildman–Crippen MR) is 231 cm³/mol. The van der Waals surface area contributed by atoms with E-state index in [1.807, 2.05) is 12.1 Å². The first-order valence-corrected chi connectivity index (χ1v) is 18.7. The van der Waals surface area contributed by atoms with Crippen molar-refractivity contribution in [3.8, 4) is 33.4 Å². The first-order valence-electron chi connectivity index (χ1n) is 18.7. The molecular weight excluding hydrogens is 651 g/mol. The highest BCUT2D eigenvalue weighted by atomic mass is 14.6. The molecule has 256 valence electrons. The number of benzene rings is 9. The third kappa shape index (κ3) is 4.86. The van der Waals surface area contributed by atoms with Crippen LogP contribution in [0.5, 0.6) is 0 Å². The van der Waals surface area contributed by atoms with Crippen molar-refractivity contribution in [3.63, 3.8) is 0 Å². The van der Waals surface area contributed by atoms with Crippen molar-refractivity contribution >= 4 is 50.2 Å². The van der Waals surface area contributed by atoms with E-state index < -0.39 is 0 Å². The lowest BCUT2D eigenvalue weighted by atomic mass is 9.80. The van der Waals surface area contributed by atoms with Gasteiger partial charge in [-0.15, -0.1) is 0 Å². The molecule has 0 bridgehead atoms. The van der Waals surface area contributed by atoms with Crippen LogP contribution in [0.25, 0.3) is 77.9 Å². The SMILES string of the molecule is C=c1cccc/c1=C(/c1ccccc1N)c1c2ccccc2c(-c2ccc3c(c2)-c2ccccc2C3(C)C)c2cc(-c3ccc4ccccc4c3)ccc12. The Labute approximate surface area is 316 Å². The summed E-state index contributed by atoms with van der Waals surface area (Å²) in [5.74, 6) is 0. The molecule has 0 amide bonds. The first-order chi connectivity index (χ1) is 26.4. The van der Waals surface area contributed by atoms with Crippen LogP contribution in [0.2, 0.25) is 0 Å². The maximum absolute atomic E-state index is 6.87. The molecule has 54 heavy (non-hydrogen) atoms. The summed E-state index contributed by atoms with van der Waals surface area (Å²) in [7, 11) is 0. The molecule has 0 saturated heterocycles. The van der Waals surface area contributed by atoms with E-state index in [1.54, 1.807) is 0 Å². The zero-order valence-corrected chi connectivity index (χ0v) is 30.5. The van der Waals surface area contributed by atoms with Gasteiger partial charge in [0.25, 0.3) is 0 Å². The van der Waals surface area contributed by atoms with Gasteiger partial charge in [-0.05, 0) is 117 Å². The average molecular weight is 690 g/mol. The molecule has 9 aromatic rings. The Morgan fingerprint density at radius 3 is 1.96 bits per heavy atom. The quantitative estimate of drug-likeness (QED) is 0.144. The highest BCUT2D eigenvalue weighted by Gasteiger charge is 2.35. The molecule has 0 heterocycles. The summed E-state index contributed by atoms with van der Waals surface area (Å²) < 4.78 is 0. The Bertz CT molecular complexity index is 3110. The van der Waals surface area contributed by atoms with Crippen molar-refractivity contribution < 1.29 is 0 Å². The Balaban J connectivity index is 1.36. The van der Waals surface area contributed by atoms with Gasteiger partial charge in [0.15, 0.2) is 0 Å². The van der Waals surface area contributed by atoms with E-state index in [0.29, 0.717) is 0 Å². The second-order valence-electron chi connectivity index (χ2n) is 15.2. The van der Waals surface area contributed by atoms with Crippen LogP contribution in [0.15, 0.2) is 176 Å². The van der Waals surface area contributed by atoms with Crippen LogP contribution in [-0.2, 0) is 5.41 Å². The molecule has 2 N–H and O–H groups in total. The predicted octanol–water partition coefficient (Wildman–Crippen LogP) is 12.0. The largest absolute Gasteiger partial charge is 0.398 e. The molecule has 0 aliphatic heterocycles. The summed E-state index contributed by atoms with van der Waals surface area (Å²) in [6.07, 6.45) is 0. The van der Waals surface area contributed by atoms with Crippen LogP contribution in [0.4, 0.5) is 5.69 Å². The monoisotopic (exact) mass is 689 g/mol. The molecule has 1 aliphatic carbocycles. The van der Waals surface area contributed by atoms with E-state index in [4.69, 9.17) is 5.73 Å². The first kappa shape index (κ1) is 32.0. The normalized spacial score (nSPS) is 13.6. The second kappa shape index (κ2) is 12.2. The summed E-state index contributed by atoms with van der Waals surface area (Å²) in [5, 5.41) is 9.27.